The third-order valence-corrected chi connectivity index (χ3v) is 4.12. The zero-order valence-corrected chi connectivity index (χ0v) is 15.0. The van der Waals surface area contributed by atoms with Crippen LogP contribution in [-0.2, 0) is 9.59 Å². The Morgan fingerprint density at radius 3 is 2.54 bits per heavy atom. The van der Waals surface area contributed by atoms with E-state index in [0.29, 0.717) is 37.3 Å². The van der Waals surface area contributed by atoms with Crippen LogP contribution in [0.3, 0.4) is 0 Å². The topological polar surface area (TPSA) is 73.8 Å². The second kappa shape index (κ2) is 9.26. The number of piperidine rings is 1. The van der Waals surface area contributed by atoms with Crippen LogP contribution in [-0.4, -0.2) is 42.3 Å². The molecule has 0 aromatic heterocycles. The molecule has 2 N–H and O–H groups in total. The predicted molar refractivity (Wildman–Crippen MR) is 94.5 cm³/mol. The predicted octanol–water partition coefficient (Wildman–Crippen LogP) is 2.12. The molecular weight excluding hydrogens is 342 g/mol. The average Bonchev–Trinajstić information content (AvgIpc) is 2.60. The first-order chi connectivity index (χ1) is 12.4. The van der Waals surface area contributed by atoms with Gasteiger partial charge >= 0.3 is 0 Å². The van der Waals surface area contributed by atoms with Crippen LogP contribution >= 0.6 is 0 Å². The molecule has 26 heavy (non-hydrogen) atoms. The third-order valence-electron chi connectivity index (χ3n) is 4.12. The van der Waals surface area contributed by atoms with Gasteiger partial charge in [0.1, 0.15) is 0 Å². The smallest absolute Gasteiger partial charge is 0.229 e. The van der Waals surface area contributed by atoms with Crippen molar-refractivity contribution in [1.29, 1.82) is 0 Å². The Hall–Kier alpha value is -2.51. The van der Waals surface area contributed by atoms with E-state index < -0.39 is 11.6 Å². The highest BCUT2D eigenvalue weighted by molar-refractivity contribution is 5.97. The van der Waals surface area contributed by atoms with E-state index in [-0.39, 0.29) is 30.9 Å². The molecular formula is C18H24F2N4O2. The largest absolute Gasteiger partial charge is 0.357 e. The molecule has 2 amide bonds. The molecule has 1 saturated heterocycles. The van der Waals surface area contributed by atoms with Crippen molar-refractivity contribution in [3.8, 4) is 0 Å². The number of carbonyl (C=O) groups excluding carboxylic acids is 2. The Morgan fingerprint density at radius 2 is 1.92 bits per heavy atom. The Bertz CT molecular complexity index is 678. The van der Waals surface area contributed by atoms with Crippen molar-refractivity contribution in [2.75, 3.05) is 19.6 Å². The number of benzene rings is 1. The van der Waals surface area contributed by atoms with Crippen LogP contribution in [0, 0.1) is 11.6 Å². The molecule has 1 aliphatic rings. The molecule has 8 heteroatoms. The number of halogens is 2. The normalized spacial score (nSPS) is 16.6. The van der Waals surface area contributed by atoms with Crippen LogP contribution in [0.4, 0.5) is 8.78 Å². The Kier molecular flexibility index (Phi) is 7.06. The van der Waals surface area contributed by atoms with Crippen LogP contribution in [0.25, 0.3) is 0 Å². The Labute approximate surface area is 151 Å². The molecule has 1 heterocycles. The standard InChI is InChI=1S/C18H24F2N4O2/c1-3-21-18(22-9-10-24-16(25)5-4-6-17(24)26)23-12(2)13-7-8-14(19)15(20)11-13/h7-8,11-12H,3-6,9-10H2,1-2H3,(H2,21,22,23). The summed E-state index contributed by atoms with van der Waals surface area (Å²) in [5.41, 5.74) is 0.580. The fourth-order valence-electron chi connectivity index (χ4n) is 2.70. The summed E-state index contributed by atoms with van der Waals surface area (Å²) in [6.45, 7) is 4.80. The number of carbonyl (C=O) groups is 2. The lowest BCUT2D eigenvalue weighted by Crippen LogP contribution is -2.42. The number of amides is 2. The van der Waals surface area contributed by atoms with Gasteiger partial charge in [0.2, 0.25) is 11.8 Å². The summed E-state index contributed by atoms with van der Waals surface area (Å²) in [5, 5.41) is 6.15. The lowest BCUT2D eigenvalue weighted by atomic mass is 10.1. The van der Waals surface area contributed by atoms with Crippen molar-refractivity contribution < 1.29 is 18.4 Å². The summed E-state index contributed by atoms with van der Waals surface area (Å²) >= 11 is 0. The lowest BCUT2D eigenvalue weighted by Gasteiger charge is -2.24. The molecule has 0 radical (unpaired) electrons. The van der Waals surface area contributed by atoms with Crippen molar-refractivity contribution in [2.45, 2.75) is 39.2 Å². The second-order valence-electron chi connectivity index (χ2n) is 6.09. The number of imide groups is 1. The minimum atomic E-state index is -0.903. The van der Waals surface area contributed by atoms with Crippen LogP contribution < -0.4 is 10.6 Å². The minimum absolute atomic E-state index is 0.162. The third kappa shape index (κ3) is 5.24. The van der Waals surface area contributed by atoms with Gasteiger partial charge in [0.15, 0.2) is 17.6 Å². The number of aliphatic imine (C=N–C) groups is 1. The Morgan fingerprint density at radius 1 is 1.23 bits per heavy atom. The number of rotatable bonds is 6. The van der Waals surface area contributed by atoms with Crippen LogP contribution in [0.1, 0.15) is 44.7 Å². The average molecular weight is 366 g/mol. The highest BCUT2D eigenvalue weighted by atomic mass is 19.2. The molecule has 0 spiro atoms. The van der Waals surface area contributed by atoms with E-state index >= 15 is 0 Å². The van der Waals surface area contributed by atoms with Crippen molar-refractivity contribution in [3.63, 3.8) is 0 Å². The molecule has 142 valence electrons. The summed E-state index contributed by atoms with van der Waals surface area (Å²) in [6, 6.07) is 3.42. The highest BCUT2D eigenvalue weighted by Gasteiger charge is 2.25. The molecule has 6 nitrogen and oxygen atoms in total. The van der Waals surface area contributed by atoms with E-state index in [2.05, 4.69) is 15.6 Å². The van der Waals surface area contributed by atoms with Gasteiger partial charge < -0.3 is 10.6 Å². The quantitative estimate of drug-likeness (QED) is 0.460. The van der Waals surface area contributed by atoms with Crippen LogP contribution in [0.15, 0.2) is 23.2 Å². The number of nitrogens with one attached hydrogen (secondary N) is 2. The number of hydrogen-bond acceptors (Lipinski definition) is 3. The summed E-state index contributed by atoms with van der Waals surface area (Å²) in [7, 11) is 0. The second-order valence-corrected chi connectivity index (χ2v) is 6.09. The molecule has 1 aromatic rings. The van der Waals surface area contributed by atoms with Gasteiger partial charge in [-0.05, 0) is 38.0 Å². The first-order valence-corrected chi connectivity index (χ1v) is 8.75. The van der Waals surface area contributed by atoms with Gasteiger partial charge in [0.25, 0.3) is 0 Å². The molecule has 1 unspecified atom stereocenters. The number of hydrogen-bond donors (Lipinski definition) is 2. The van der Waals surface area contributed by atoms with Gasteiger partial charge in [-0.2, -0.15) is 0 Å². The van der Waals surface area contributed by atoms with Gasteiger partial charge in [-0.15, -0.1) is 0 Å². The van der Waals surface area contributed by atoms with Crippen molar-refractivity contribution in [3.05, 3.63) is 35.4 Å². The lowest BCUT2D eigenvalue weighted by molar-refractivity contribution is -0.147. The zero-order chi connectivity index (χ0) is 19.1. The molecule has 1 aromatic carbocycles. The fraction of sp³-hybridized carbons (Fsp3) is 0.500. The van der Waals surface area contributed by atoms with E-state index in [4.69, 9.17) is 0 Å². The summed E-state index contributed by atoms with van der Waals surface area (Å²) in [5.74, 6) is -1.65. The molecule has 1 atom stereocenters. The maximum absolute atomic E-state index is 13.4. The maximum atomic E-state index is 13.4. The van der Waals surface area contributed by atoms with E-state index in [9.17, 15) is 18.4 Å². The molecule has 1 fully saturated rings. The number of guanidine groups is 1. The van der Waals surface area contributed by atoms with E-state index in [0.717, 1.165) is 12.1 Å². The minimum Gasteiger partial charge on any atom is -0.357 e. The molecule has 1 aliphatic heterocycles. The monoisotopic (exact) mass is 366 g/mol. The van der Waals surface area contributed by atoms with E-state index in [1.54, 1.807) is 6.92 Å². The molecule has 0 saturated carbocycles. The maximum Gasteiger partial charge on any atom is 0.229 e. The number of likely N-dealkylation sites (tertiary alicyclic amines) is 1. The van der Waals surface area contributed by atoms with Gasteiger partial charge in [-0.3, -0.25) is 19.5 Å². The Balaban J connectivity index is 1.98. The van der Waals surface area contributed by atoms with E-state index in [1.165, 1.54) is 11.0 Å². The van der Waals surface area contributed by atoms with Crippen LogP contribution in [0.2, 0.25) is 0 Å². The van der Waals surface area contributed by atoms with Crippen molar-refractivity contribution in [1.82, 2.24) is 15.5 Å². The van der Waals surface area contributed by atoms with E-state index in [1.807, 2.05) is 6.92 Å². The molecule has 0 aliphatic carbocycles. The van der Waals surface area contributed by atoms with Crippen molar-refractivity contribution >= 4 is 17.8 Å². The zero-order valence-electron chi connectivity index (χ0n) is 15.0. The summed E-state index contributed by atoms with van der Waals surface area (Å²) < 4.78 is 26.4. The molecule has 2 rings (SSSR count). The first kappa shape index (κ1) is 19.8. The number of nitrogens with zero attached hydrogens (tertiary/aromatic N) is 2. The van der Waals surface area contributed by atoms with Gasteiger partial charge in [-0.25, -0.2) is 8.78 Å². The highest BCUT2D eigenvalue weighted by Crippen LogP contribution is 2.16. The van der Waals surface area contributed by atoms with Gasteiger partial charge in [0.05, 0.1) is 12.6 Å². The van der Waals surface area contributed by atoms with Gasteiger partial charge in [0, 0.05) is 25.9 Å². The fourth-order valence-corrected chi connectivity index (χ4v) is 2.70. The van der Waals surface area contributed by atoms with Gasteiger partial charge in [-0.1, -0.05) is 6.07 Å². The molecule has 0 bridgehead atoms. The SMILES string of the molecule is CCNC(=NCCN1C(=O)CCCC1=O)NC(C)c1ccc(F)c(F)c1. The summed E-state index contributed by atoms with van der Waals surface area (Å²) in [4.78, 5) is 29.2. The summed E-state index contributed by atoms with van der Waals surface area (Å²) in [6.07, 6.45) is 1.38. The van der Waals surface area contributed by atoms with Crippen molar-refractivity contribution in [2.24, 2.45) is 4.99 Å². The first-order valence-electron chi connectivity index (χ1n) is 8.75. The van der Waals surface area contributed by atoms with Crippen LogP contribution in [0.5, 0.6) is 0 Å².